The van der Waals surface area contributed by atoms with Crippen molar-refractivity contribution in [3.05, 3.63) is 56.9 Å². The first-order valence-corrected chi connectivity index (χ1v) is 9.49. The Morgan fingerprint density at radius 3 is 2.50 bits per heavy atom. The normalized spacial score (nSPS) is 10.7. The number of nitro benzene ring substituents is 1. The average Bonchev–Trinajstić information content (AvgIpc) is 2.99. The van der Waals surface area contributed by atoms with E-state index in [-0.39, 0.29) is 17.0 Å². The minimum atomic E-state index is -0.786. The molecule has 30 heavy (non-hydrogen) atoms. The van der Waals surface area contributed by atoms with Gasteiger partial charge in [0, 0.05) is 57.4 Å². The van der Waals surface area contributed by atoms with Crippen LogP contribution in [0.4, 0.5) is 11.4 Å². The largest absolute Gasteiger partial charge is 0.454 e. The maximum atomic E-state index is 12.6. The number of benzene rings is 1. The number of aryl methyl sites for hydroxylation is 1. The highest BCUT2D eigenvalue weighted by atomic mass is 16.6. The topological polar surface area (TPSA) is 104 Å². The SMILES string of the molecule is COCCCn1c(C)cc(C(=O)COC(=O)c2ccc(N(C)C)c([N+](=O)[O-])c2)c1C. The standard InChI is InChI=1S/C21H27N3O6/c1-14-11-17(15(2)23(14)9-6-10-29-5)20(25)13-30-21(26)16-7-8-18(22(3)4)19(12-16)24(27)28/h7-8,11-12H,6,9-10,13H2,1-5H3. The molecule has 0 N–H and O–H groups in total. The Bertz CT molecular complexity index is 948. The third-order valence-corrected chi connectivity index (χ3v) is 4.83. The van der Waals surface area contributed by atoms with Crippen molar-refractivity contribution < 1.29 is 24.0 Å². The number of ketones is 1. The number of hydrogen-bond acceptors (Lipinski definition) is 7. The van der Waals surface area contributed by atoms with E-state index in [0.29, 0.717) is 17.9 Å². The smallest absolute Gasteiger partial charge is 0.338 e. The molecular weight excluding hydrogens is 390 g/mol. The summed E-state index contributed by atoms with van der Waals surface area (Å²) in [5.41, 5.74) is 2.41. The molecule has 162 valence electrons. The van der Waals surface area contributed by atoms with Gasteiger partial charge in [-0.2, -0.15) is 0 Å². The number of carbonyl (C=O) groups excluding carboxylic acids is 2. The fourth-order valence-corrected chi connectivity index (χ4v) is 3.26. The van der Waals surface area contributed by atoms with Gasteiger partial charge in [-0.05, 0) is 38.5 Å². The lowest BCUT2D eigenvalue weighted by atomic mass is 10.1. The maximum absolute atomic E-state index is 12.6. The van der Waals surface area contributed by atoms with E-state index in [1.807, 2.05) is 18.4 Å². The summed E-state index contributed by atoms with van der Waals surface area (Å²) in [6.45, 7) is 4.66. The number of nitro groups is 1. The summed E-state index contributed by atoms with van der Waals surface area (Å²) in [5, 5.41) is 11.3. The van der Waals surface area contributed by atoms with E-state index in [0.717, 1.165) is 30.4 Å². The molecule has 1 aromatic heterocycles. The molecule has 1 aromatic carbocycles. The Kier molecular flexibility index (Phi) is 7.71. The number of anilines is 1. The van der Waals surface area contributed by atoms with E-state index in [9.17, 15) is 19.7 Å². The number of ether oxygens (including phenoxy) is 2. The van der Waals surface area contributed by atoms with Crippen molar-refractivity contribution in [2.75, 3.05) is 39.3 Å². The van der Waals surface area contributed by atoms with Crippen LogP contribution in [0, 0.1) is 24.0 Å². The molecular formula is C21H27N3O6. The van der Waals surface area contributed by atoms with Crippen LogP contribution in [0.1, 0.15) is 38.5 Å². The van der Waals surface area contributed by atoms with E-state index < -0.39 is 17.5 Å². The summed E-state index contributed by atoms with van der Waals surface area (Å²) >= 11 is 0. The van der Waals surface area contributed by atoms with Crippen molar-refractivity contribution in [2.24, 2.45) is 0 Å². The van der Waals surface area contributed by atoms with Gasteiger partial charge in [-0.15, -0.1) is 0 Å². The van der Waals surface area contributed by atoms with Gasteiger partial charge >= 0.3 is 5.97 Å². The number of nitrogens with zero attached hydrogens (tertiary/aromatic N) is 3. The first-order chi connectivity index (χ1) is 14.2. The number of hydrogen-bond donors (Lipinski definition) is 0. The minimum Gasteiger partial charge on any atom is -0.454 e. The van der Waals surface area contributed by atoms with Crippen LogP contribution >= 0.6 is 0 Å². The summed E-state index contributed by atoms with van der Waals surface area (Å²) in [6.07, 6.45) is 0.817. The third-order valence-electron chi connectivity index (χ3n) is 4.83. The zero-order valence-corrected chi connectivity index (χ0v) is 17.9. The highest BCUT2D eigenvalue weighted by Gasteiger charge is 2.21. The second-order valence-electron chi connectivity index (χ2n) is 7.14. The van der Waals surface area contributed by atoms with Gasteiger partial charge < -0.3 is 18.9 Å². The van der Waals surface area contributed by atoms with Crippen molar-refractivity contribution in [1.82, 2.24) is 4.57 Å². The molecule has 2 rings (SSSR count). The van der Waals surface area contributed by atoms with Crippen LogP contribution in [-0.4, -0.2) is 55.7 Å². The molecule has 0 aliphatic rings. The molecule has 1 heterocycles. The predicted octanol–water partition coefficient (Wildman–Crippen LogP) is 3.16. The second-order valence-corrected chi connectivity index (χ2v) is 7.14. The summed E-state index contributed by atoms with van der Waals surface area (Å²) in [5.74, 6) is -1.11. The minimum absolute atomic E-state index is 0.0186. The zero-order valence-electron chi connectivity index (χ0n) is 17.9. The van der Waals surface area contributed by atoms with Crippen molar-refractivity contribution in [1.29, 1.82) is 0 Å². The van der Waals surface area contributed by atoms with Crippen LogP contribution in [0.5, 0.6) is 0 Å². The highest BCUT2D eigenvalue weighted by Crippen LogP contribution is 2.28. The monoisotopic (exact) mass is 417 g/mol. The quantitative estimate of drug-likeness (QED) is 0.192. The van der Waals surface area contributed by atoms with Gasteiger partial charge in [0.05, 0.1) is 10.5 Å². The molecule has 9 heteroatoms. The molecule has 2 aromatic rings. The van der Waals surface area contributed by atoms with Crippen molar-refractivity contribution >= 4 is 23.1 Å². The Hall–Kier alpha value is -3.20. The van der Waals surface area contributed by atoms with Crippen LogP contribution in [0.2, 0.25) is 0 Å². The lowest BCUT2D eigenvalue weighted by Gasteiger charge is -2.13. The molecule has 0 atom stereocenters. The lowest BCUT2D eigenvalue weighted by molar-refractivity contribution is -0.384. The average molecular weight is 417 g/mol. The Morgan fingerprint density at radius 2 is 1.90 bits per heavy atom. The number of methoxy groups -OCH3 is 1. The lowest BCUT2D eigenvalue weighted by Crippen LogP contribution is -2.16. The molecule has 9 nitrogen and oxygen atoms in total. The van der Waals surface area contributed by atoms with Crippen LogP contribution < -0.4 is 4.90 Å². The van der Waals surface area contributed by atoms with Crippen LogP contribution in [0.15, 0.2) is 24.3 Å². The molecule has 0 aliphatic carbocycles. The zero-order chi connectivity index (χ0) is 22.4. The van der Waals surface area contributed by atoms with Gasteiger partial charge in [-0.25, -0.2) is 4.79 Å². The molecule has 0 radical (unpaired) electrons. The number of aromatic nitrogens is 1. The van der Waals surface area contributed by atoms with Crippen LogP contribution in [-0.2, 0) is 16.0 Å². The molecule has 0 unspecified atom stereocenters. The predicted molar refractivity (Wildman–Crippen MR) is 112 cm³/mol. The second kappa shape index (κ2) is 10.0. The van der Waals surface area contributed by atoms with Gasteiger partial charge in [-0.3, -0.25) is 14.9 Å². The number of rotatable bonds is 10. The van der Waals surface area contributed by atoms with E-state index in [2.05, 4.69) is 0 Å². The van der Waals surface area contributed by atoms with Gasteiger partial charge in [-0.1, -0.05) is 0 Å². The summed E-state index contributed by atoms with van der Waals surface area (Å²) in [6, 6.07) is 5.85. The molecule has 0 aliphatic heterocycles. The molecule has 0 saturated heterocycles. The summed E-state index contributed by atoms with van der Waals surface area (Å²) in [4.78, 5) is 37.2. The first-order valence-electron chi connectivity index (χ1n) is 9.49. The molecule has 0 amide bonds. The first kappa shape index (κ1) is 23.1. The van der Waals surface area contributed by atoms with Gasteiger partial charge in [0.25, 0.3) is 5.69 Å². The Labute approximate surface area is 175 Å². The van der Waals surface area contributed by atoms with E-state index in [1.54, 1.807) is 32.2 Å². The number of esters is 1. The summed E-state index contributed by atoms with van der Waals surface area (Å²) in [7, 11) is 4.98. The summed E-state index contributed by atoms with van der Waals surface area (Å²) < 4.78 is 12.2. The van der Waals surface area contributed by atoms with Crippen LogP contribution in [0.25, 0.3) is 0 Å². The van der Waals surface area contributed by atoms with Crippen molar-refractivity contribution in [2.45, 2.75) is 26.8 Å². The Morgan fingerprint density at radius 1 is 1.20 bits per heavy atom. The van der Waals surface area contributed by atoms with Crippen molar-refractivity contribution in [3.8, 4) is 0 Å². The van der Waals surface area contributed by atoms with Crippen LogP contribution in [0.3, 0.4) is 0 Å². The maximum Gasteiger partial charge on any atom is 0.338 e. The number of carbonyl (C=O) groups is 2. The highest BCUT2D eigenvalue weighted by molar-refractivity contribution is 6.00. The van der Waals surface area contributed by atoms with Gasteiger partial charge in [0.2, 0.25) is 5.78 Å². The Balaban J connectivity index is 2.10. The third kappa shape index (κ3) is 5.24. The number of Topliss-reactive ketones (excluding diaryl/α,β-unsaturated/α-hetero) is 1. The van der Waals surface area contributed by atoms with E-state index >= 15 is 0 Å². The molecule has 0 fully saturated rings. The van der Waals surface area contributed by atoms with Gasteiger partial charge in [0.1, 0.15) is 5.69 Å². The molecule has 0 saturated carbocycles. The van der Waals surface area contributed by atoms with Crippen molar-refractivity contribution in [3.63, 3.8) is 0 Å². The fourth-order valence-electron chi connectivity index (χ4n) is 3.26. The fraction of sp³-hybridized carbons (Fsp3) is 0.429. The van der Waals surface area contributed by atoms with E-state index in [4.69, 9.17) is 9.47 Å². The van der Waals surface area contributed by atoms with Gasteiger partial charge in [0.15, 0.2) is 6.61 Å². The molecule has 0 spiro atoms. The molecule has 0 bridgehead atoms. The van der Waals surface area contributed by atoms with E-state index in [1.165, 1.54) is 12.1 Å².